The maximum absolute atomic E-state index is 4.37. The third-order valence-corrected chi connectivity index (χ3v) is 3.62. The van der Waals surface area contributed by atoms with Gasteiger partial charge in [-0.2, -0.15) is 0 Å². The molecule has 3 aromatic rings. The zero-order valence-electron chi connectivity index (χ0n) is 11.1. The molecular formula is C17H13N3. The monoisotopic (exact) mass is 259 g/mol. The van der Waals surface area contributed by atoms with Crippen LogP contribution in [-0.2, 0) is 7.05 Å². The number of aliphatic imine (C=N–C) groups is 1. The maximum atomic E-state index is 4.37. The van der Waals surface area contributed by atoms with E-state index in [1.807, 2.05) is 29.8 Å². The first-order valence-corrected chi connectivity index (χ1v) is 6.57. The van der Waals surface area contributed by atoms with Crippen molar-refractivity contribution in [2.75, 3.05) is 0 Å². The molecule has 1 aliphatic rings. The Balaban J connectivity index is 2.22. The summed E-state index contributed by atoms with van der Waals surface area (Å²) >= 11 is 0. The van der Waals surface area contributed by atoms with Gasteiger partial charge in [0.1, 0.15) is 0 Å². The SMILES string of the molecule is Cn1ccc2ccccc2c1=[N+]1[C-]=Nc2ccccc21. The van der Waals surface area contributed by atoms with E-state index in [0.29, 0.717) is 0 Å². The smallest absolute Gasteiger partial charge is 0.208 e. The molecule has 0 fully saturated rings. The van der Waals surface area contributed by atoms with Gasteiger partial charge in [-0.15, -0.1) is 0 Å². The summed E-state index contributed by atoms with van der Waals surface area (Å²) in [4.78, 5) is 4.37. The minimum atomic E-state index is 0.959. The van der Waals surface area contributed by atoms with Crippen LogP contribution in [0.2, 0.25) is 0 Å². The molecule has 1 aromatic heterocycles. The molecule has 0 saturated heterocycles. The highest BCUT2D eigenvalue weighted by Crippen LogP contribution is 2.28. The average Bonchev–Trinajstić information content (AvgIpc) is 2.91. The lowest BCUT2D eigenvalue weighted by Gasteiger charge is -2.10. The van der Waals surface area contributed by atoms with Gasteiger partial charge in [0.05, 0.1) is 11.9 Å². The number of hydrogen-bond donors (Lipinski definition) is 0. The Kier molecular flexibility index (Phi) is 2.33. The summed E-state index contributed by atoms with van der Waals surface area (Å²) < 4.78 is 4.13. The molecule has 0 spiro atoms. The molecule has 2 heterocycles. The lowest BCUT2D eigenvalue weighted by Crippen LogP contribution is -2.31. The third-order valence-electron chi connectivity index (χ3n) is 3.62. The molecule has 0 amide bonds. The first kappa shape index (κ1) is 11.2. The number of benzene rings is 2. The molecule has 0 radical (unpaired) electrons. The molecule has 20 heavy (non-hydrogen) atoms. The first-order chi connectivity index (χ1) is 9.84. The minimum absolute atomic E-state index is 0.959. The number of pyridine rings is 1. The Hall–Kier alpha value is -2.68. The van der Waals surface area contributed by atoms with Crippen molar-refractivity contribution in [3.05, 3.63) is 66.3 Å². The van der Waals surface area contributed by atoms with Crippen molar-refractivity contribution in [3.8, 4) is 0 Å². The summed E-state index contributed by atoms with van der Waals surface area (Å²) in [7, 11) is 2.05. The number of fused-ring (bicyclic) bond motifs is 2. The zero-order chi connectivity index (χ0) is 13.5. The molecule has 0 atom stereocenters. The van der Waals surface area contributed by atoms with E-state index >= 15 is 0 Å². The summed E-state index contributed by atoms with van der Waals surface area (Å²) in [5.74, 6) is 0. The van der Waals surface area contributed by atoms with Crippen LogP contribution >= 0.6 is 0 Å². The van der Waals surface area contributed by atoms with E-state index in [9.17, 15) is 0 Å². The highest BCUT2D eigenvalue weighted by molar-refractivity contribution is 5.87. The highest BCUT2D eigenvalue weighted by atomic mass is 15.2. The van der Waals surface area contributed by atoms with Crippen molar-refractivity contribution in [2.45, 2.75) is 0 Å². The number of aryl methyl sites for hydroxylation is 1. The number of hydrogen-bond acceptors (Lipinski definition) is 1. The molecule has 2 aromatic carbocycles. The van der Waals surface area contributed by atoms with Gasteiger partial charge in [-0.3, -0.25) is 0 Å². The van der Waals surface area contributed by atoms with Crippen molar-refractivity contribution in [1.29, 1.82) is 0 Å². The number of aromatic nitrogens is 1. The van der Waals surface area contributed by atoms with Crippen molar-refractivity contribution >= 4 is 28.5 Å². The molecule has 1 aliphatic heterocycles. The van der Waals surface area contributed by atoms with Crippen molar-refractivity contribution in [3.63, 3.8) is 0 Å². The highest BCUT2D eigenvalue weighted by Gasteiger charge is 2.10. The van der Waals surface area contributed by atoms with Crippen LogP contribution in [0.15, 0.2) is 65.8 Å². The molecule has 0 aliphatic carbocycles. The van der Waals surface area contributed by atoms with E-state index in [-0.39, 0.29) is 0 Å². The van der Waals surface area contributed by atoms with Gasteiger partial charge in [0.2, 0.25) is 6.34 Å². The van der Waals surface area contributed by atoms with Gasteiger partial charge in [0.15, 0.2) is 5.49 Å². The van der Waals surface area contributed by atoms with Crippen LogP contribution in [0.1, 0.15) is 0 Å². The second-order valence-corrected chi connectivity index (χ2v) is 4.87. The molecular weight excluding hydrogens is 246 g/mol. The summed E-state index contributed by atoms with van der Waals surface area (Å²) in [6.45, 7) is 0. The van der Waals surface area contributed by atoms with Gasteiger partial charge < -0.3 is 9.14 Å². The zero-order valence-corrected chi connectivity index (χ0v) is 11.1. The van der Waals surface area contributed by atoms with Crippen molar-refractivity contribution in [1.82, 2.24) is 9.14 Å². The first-order valence-electron chi connectivity index (χ1n) is 6.57. The summed E-state index contributed by atoms with van der Waals surface area (Å²) in [5, 5.41) is 2.41. The van der Waals surface area contributed by atoms with Crippen LogP contribution < -0.4 is 10.1 Å². The maximum Gasteiger partial charge on any atom is 0.208 e. The van der Waals surface area contributed by atoms with Crippen LogP contribution in [0, 0.1) is 0 Å². The van der Waals surface area contributed by atoms with Crippen LogP contribution in [0.3, 0.4) is 0 Å². The standard InChI is InChI=1S/C17H13N3/c1-19-11-10-13-6-2-3-7-14(13)17(19)20-12-18-15-8-4-5-9-16(15)20/h2-11H,1H3. The molecule has 0 saturated carbocycles. The molecule has 0 N–H and O–H groups in total. The van der Waals surface area contributed by atoms with E-state index in [1.54, 1.807) is 0 Å². The molecule has 0 unspecified atom stereocenters. The number of rotatable bonds is 0. The van der Waals surface area contributed by atoms with E-state index in [2.05, 4.69) is 58.5 Å². The Labute approximate surface area is 116 Å². The van der Waals surface area contributed by atoms with Crippen LogP contribution in [-0.4, -0.2) is 10.9 Å². The average molecular weight is 259 g/mol. The lowest BCUT2D eigenvalue weighted by atomic mass is 10.1. The lowest BCUT2D eigenvalue weighted by molar-refractivity contribution is 0.806. The minimum Gasteiger partial charge on any atom is -0.325 e. The predicted molar refractivity (Wildman–Crippen MR) is 81.4 cm³/mol. The molecule has 0 bridgehead atoms. The second kappa shape index (κ2) is 4.17. The summed E-state index contributed by atoms with van der Waals surface area (Å²) in [6.07, 6.45) is 5.18. The van der Waals surface area contributed by atoms with Crippen LogP contribution in [0.4, 0.5) is 11.4 Å². The Morgan fingerprint density at radius 1 is 1.00 bits per heavy atom. The van der Waals surface area contributed by atoms with Gasteiger partial charge in [-0.25, -0.2) is 4.99 Å². The summed E-state index contributed by atoms with van der Waals surface area (Å²) in [5.41, 5.74) is 3.11. The van der Waals surface area contributed by atoms with Crippen molar-refractivity contribution in [2.24, 2.45) is 12.0 Å². The number of para-hydroxylation sites is 2. The Morgan fingerprint density at radius 2 is 1.80 bits per heavy atom. The van der Waals surface area contributed by atoms with Gasteiger partial charge in [-0.05, 0) is 11.5 Å². The van der Waals surface area contributed by atoms with E-state index in [0.717, 1.165) is 16.9 Å². The fourth-order valence-electron chi connectivity index (χ4n) is 2.64. The topological polar surface area (TPSA) is 20.3 Å². The predicted octanol–water partition coefficient (Wildman–Crippen LogP) is 2.83. The van der Waals surface area contributed by atoms with Gasteiger partial charge in [0.25, 0.3) is 0 Å². The van der Waals surface area contributed by atoms with Crippen LogP contribution in [0.25, 0.3) is 10.8 Å². The molecule has 3 nitrogen and oxygen atoms in total. The molecule has 3 heteroatoms. The van der Waals surface area contributed by atoms with E-state index in [1.165, 1.54) is 10.8 Å². The Bertz CT molecular complexity index is 917. The van der Waals surface area contributed by atoms with E-state index in [4.69, 9.17) is 0 Å². The fourth-order valence-corrected chi connectivity index (χ4v) is 2.64. The molecule has 96 valence electrons. The van der Waals surface area contributed by atoms with Gasteiger partial charge in [-0.1, -0.05) is 48.5 Å². The fraction of sp³-hybridized carbons (Fsp3) is 0.0588. The van der Waals surface area contributed by atoms with E-state index < -0.39 is 0 Å². The summed E-state index contributed by atoms with van der Waals surface area (Å²) in [6, 6.07) is 18.6. The quantitative estimate of drug-likeness (QED) is 0.437. The second-order valence-electron chi connectivity index (χ2n) is 4.87. The van der Waals surface area contributed by atoms with Crippen LogP contribution in [0.5, 0.6) is 0 Å². The van der Waals surface area contributed by atoms with Gasteiger partial charge >= 0.3 is 0 Å². The molecule has 4 rings (SSSR count). The number of nitrogens with zero attached hydrogens (tertiary/aromatic N) is 3. The Morgan fingerprint density at radius 3 is 2.75 bits per heavy atom. The normalized spacial score (nSPS) is 15.7. The third kappa shape index (κ3) is 1.53. The van der Waals surface area contributed by atoms with Gasteiger partial charge in [0, 0.05) is 18.1 Å². The van der Waals surface area contributed by atoms with Crippen molar-refractivity contribution < 1.29 is 0 Å². The largest absolute Gasteiger partial charge is 0.325 e.